The van der Waals surface area contributed by atoms with Crippen LogP contribution in [-0.4, -0.2) is 37.2 Å². The fourth-order valence-electron chi connectivity index (χ4n) is 8.26. The second-order valence-electron chi connectivity index (χ2n) is 20.2. The standard InChI is InChI=1S/C71H114O6/c1-4-7-10-13-16-19-22-25-28-29-30-31-32-33-34-35-36-37-38-39-40-41-44-46-49-52-55-58-61-64-70(73)76-67-68(77-71(74)65-62-59-56-53-50-47-43-27-24-21-18-15-12-9-6-3)66-75-69(72)63-60-57-54-51-48-45-42-26-23-20-17-14-11-8-5-2/h7,9-10,12,16,18-19,21,25,27-28,30-31,33-34,36-37,39-40,43,50,53,59,62,68H,4-6,8,11,13-15,17,20,22-24,26,29,32,35,38,41-42,44-49,51-52,54-58,60-61,63-67H2,1-3H3/b10-7-,12-9-,19-16-,21-18-,28-25-,31-30-,34-33-,37-36-,40-39-,43-27-,53-50-,62-59-. The van der Waals surface area contributed by atoms with Crippen molar-refractivity contribution in [2.75, 3.05) is 13.2 Å². The van der Waals surface area contributed by atoms with Crippen LogP contribution in [0.5, 0.6) is 0 Å². The molecule has 0 aliphatic carbocycles. The third kappa shape index (κ3) is 62.0. The van der Waals surface area contributed by atoms with Gasteiger partial charge in [-0.3, -0.25) is 14.4 Å². The molecule has 0 rings (SSSR count). The largest absolute Gasteiger partial charge is 0.462 e. The molecule has 434 valence electrons. The van der Waals surface area contributed by atoms with E-state index in [2.05, 4.69) is 154 Å². The Labute approximate surface area is 474 Å². The highest BCUT2D eigenvalue weighted by molar-refractivity contribution is 5.72. The first kappa shape index (κ1) is 72.3. The zero-order valence-corrected chi connectivity index (χ0v) is 49.7. The molecule has 0 fully saturated rings. The highest BCUT2D eigenvalue weighted by Gasteiger charge is 2.19. The summed E-state index contributed by atoms with van der Waals surface area (Å²) in [5.74, 6) is -1.06. The Kier molecular flexibility index (Phi) is 59.9. The van der Waals surface area contributed by atoms with E-state index < -0.39 is 12.1 Å². The topological polar surface area (TPSA) is 78.9 Å². The lowest BCUT2D eigenvalue weighted by molar-refractivity contribution is -0.166. The molecule has 0 aromatic carbocycles. The molecular weight excluding hydrogens is 949 g/mol. The predicted molar refractivity (Wildman–Crippen MR) is 334 cm³/mol. The third-order valence-corrected chi connectivity index (χ3v) is 12.9. The maximum atomic E-state index is 12.8. The number of hydrogen-bond donors (Lipinski definition) is 0. The van der Waals surface area contributed by atoms with E-state index in [-0.39, 0.29) is 31.6 Å². The van der Waals surface area contributed by atoms with Gasteiger partial charge in [0.15, 0.2) is 6.10 Å². The number of rotatable bonds is 55. The Morgan fingerprint density at radius 1 is 0.286 bits per heavy atom. The van der Waals surface area contributed by atoms with Gasteiger partial charge in [0, 0.05) is 12.8 Å². The van der Waals surface area contributed by atoms with Gasteiger partial charge in [-0.2, -0.15) is 0 Å². The predicted octanol–water partition coefficient (Wildman–Crippen LogP) is 21.5. The molecule has 0 aromatic heterocycles. The molecule has 6 nitrogen and oxygen atoms in total. The second-order valence-corrected chi connectivity index (χ2v) is 20.2. The zero-order valence-electron chi connectivity index (χ0n) is 49.7. The van der Waals surface area contributed by atoms with Crippen molar-refractivity contribution in [1.82, 2.24) is 0 Å². The van der Waals surface area contributed by atoms with Crippen LogP contribution in [0.2, 0.25) is 0 Å². The summed E-state index contributed by atoms with van der Waals surface area (Å²) in [5, 5.41) is 0. The van der Waals surface area contributed by atoms with Crippen LogP contribution in [0.25, 0.3) is 0 Å². The minimum atomic E-state index is -0.842. The first-order valence-corrected chi connectivity index (χ1v) is 31.3. The number of hydrogen-bond acceptors (Lipinski definition) is 6. The average Bonchev–Trinajstić information content (AvgIpc) is 3.43. The van der Waals surface area contributed by atoms with Crippen molar-refractivity contribution in [3.8, 4) is 0 Å². The smallest absolute Gasteiger partial charge is 0.310 e. The van der Waals surface area contributed by atoms with Crippen molar-refractivity contribution in [3.63, 3.8) is 0 Å². The molecule has 0 saturated heterocycles. The molecule has 0 aliphatic heterocycles. The lowest BCUT2D eigenvalue weighted by Crippen LogP contribution is -2.30. The lowest BCUT2D eigenvalue weighted by Gasteiger charge is -2.18. The van der Waals surface area contributed by atoms with Crippen molar-refractivity contribution < 1.29 is 28.6 Å². The van der Waals surface area contributed by atoms with E-state index in [1.807, 2.05) is 6.08 Å². The summed E-state index contributed by atoms with van der Waals surface area (Å²) in [5.41, 5.74) is 0. The molecule has 0 saturated carbocycles. The van der Waals surface area contributed by atoms with Crippen LogP contribution in [0.4, 0.5) is 0 Å². The van der Waals surface area contributed by atoms with Crippen molar-refractivity contribution in [3.05, 3.63) is 146 Å². The molecule has 77 heavy (non-hydrogen) atoms. The molecule has 0 heterocycles. The monoisotopic (exact) mass is 1060 g/mol. The second kappa shape index (κ2) is 63.8. The number of unbranched alkanes of at least 4 members (excludes halogenated alkanes) is 21. The van der Waals surface area contributed by atoms with E-state index in [1.54, 1.807) is 6.08 Å². The molecular formula is C71H114O6. The van der Waals surface area contributed by atoms with Gasteiger partial charge < -0.3 is 14.2 Å². The number of esters is 3. The lowest BCUT2D eigenvalue weighted by atomic mass is 10.0. The van der Waals surface area contributed by atoms with Crippen LogP contribution < -0.4 is 0 Å². The van der Waals surface area contributed by atoms with Gasteiger partial charge in [0.1, 0.15) is 13.2 Å². The van der Waals surface area contributed by atoms with Gasteiger partial charge in [-0.05, 0) is 103 Å². The molecule has 6 heteroatoms. The van der Waals surface area contributed by atoms with Crippen LogP contribution in [-0.2, 0) is 28.6 Å². The highest BCUT2D eigenvalue weighted by Crippen LogP contribution is 2.15. The normalized spacial score (nSPS) is 13.1. The molecule has 0 spiro atoms. The summed E-state index contributed by atoms with van der Waals surface area (Å²) in [6.45, 7) is 6.32. The summed E-state index contributed by atoms with van der Waals surface area (Å²) in [6, 6.07) is 0. The van der Waals surface area contributed by atoms with Gasteiger partial charge in [0.05, 0.1) is 6.42 Å². The van der Waals surface area contributed by atoms with Crippen LogP contribution >= 0.6 is 0 Å². The molecule has 0 radical (unpaired) electrons. The molecule has 0 aromatic rings. The number of carbonyl (C=O) groups is 3. The molecule has 0 N–H and O–H groups in total. The fourth-order valence-corrected chi connectivity index (χ4v) is 8.26. The average molecular weight is 1060 g/mol. The van der Waals surface area contributed by atoms with Crippen LogP contribution in [0.15, 0.2) is 146 Å². The Hall–Kier alpha value is -4.71. The Bertz CT molecular complexity index is 1700. The van der Waals surface area contributed by atoms with Crippen LogP contribution in [0.3, 0.4) is 0 Å². The van der Waals surface area contributed by atoms with E-state index in [0.717, 1.165) is 122 Å². The van der Waals surface area contributed by atoms with Crippen molar-refractivity contribution in [1.29, 1.82) is 0 Å². The van der Waals surface area contributed by atoms with Gasteiger partial charge in [0.25, 0.3) is 0 Å². The van der Waals surface area contributed by atoms with Crippen molar-refractivity contribution in [2.24, 2.45) is 0 Å². The number of ether oxygens (including phenoxy) is 3. The Morgan fingerprint density at radius 3 is 0.857 bits per heavy atom. The minimum absolute atomic E-state index is 0.0901. The minimum Gasteiger partial charge on any atom is -0.462 e. The molecule has 1 atom stereocenters. The number of allylic oxidation sites excluding steroid dienone is 23. The molecule has 0 aliphatic rings. The summed E-state index contributed by atoms with van der Waals surface area (Å²) >= 11 is 0. The Morgan fingerprint density at radius 2 is 0.545 bits per heavy atom. The summed E-state index contributed by atoms with van der Waals surface area (Å²) in [6.07, 6.45) is 91.6. The molecule has 0 bridgehead atoms. The fraction of sp³-hybridized carbons (Fsp3) is 0.620. The van der Waals surface area contributed by atoms with E-state index in [4.69, 9.17) is 14.2 Å². The first-order chi connectivity index (χ1) is 38.0. The van der Waals surface area contributed by atoms with E-state index in [0.29, 0.717) is 19.3 Å². The summed E-state index contributed by atoms with van der Waals surface area (Å²) < 4.78 is 16.8. The van der Waals surface area contributed by atoms with Crippen molar-refractivity contribution >= 4 is 17.9 Å². The summed E-state index contributed by atoms with van der Waals surface area (Å²) in [4.78, 5) is 38.2. The Balaban J connectivity index is 4.42. The number of carbonyl (C=O) groups excluding carboxylic acids is 3. The zero-order chi connectivity index (χ0) is 55.7. The van der Waals surface area contributed by atoms with E-state index >= 15 is 0 Å². The van der Waals surface area contributed by atoms with Crippen LogP contribution in [0, 0.1) is 0 Å². The molecule has 1 unspecified atom stereocenters. The van der Waals surface area contributed by atoms with E-state index in [9.17, 15) is 14.4 Å². The van der Waals surface area contributed by atoms with Gasteiger partial charge in [0.2, 0.25) is 0 Å². The quantitative estimate of drug-likeness (QED) is 0.0261. The van der Waals surface area contributed by atoms with Gasteiger partial charge >= 0.3 is 17.9 Å². The maximum Gasteiger partial charge on any atom is 0.310 e. The van der Waals surface area contributed by atoms with E-state index in [1.165, 1.54) is 96.3 Å². The SMILES string of the molecule is CC/C=C\C/C=C\C/C=C\C/C=C\C/C=C\C/C=C\C/C=C\CCCCCCCCCC(=O)OCC(COC(=O)CCCCCCCCCCCCCCCCC)OC(=O)C/C=C\C/C=C\C/C=C\C/C=C\C/C=C\CC. The van der Waals surface area contributed by atoms with Gasteiger partial charge in [-0.1, -0.05) is 289 Å². The van der Waals surface area contributed by atoms with Gasteiger partial charge in [-0.15, -0.1) is 0 Å². The summed E-state index contributed by atoms with van der Waals surface area (Å²) in [7, 11) is 0. The van der Waals surface area contributed by atoms with Gasteiger partial charge in [-0.25, -0.2) is 0 Å². The first-order valence-electron chi connectivity index (χ1n) is 31.3. The molecule has 0 amide bonds. The third-order valence-electron chi connectivity index (χ3n) is 12.9. The van der Waals surface area contributed by atoms with Crippen molar-refractivity contribution in [2.45, 2.75) is 271 Å². The maximum absolute atomic E-state index is 12.8. The van der Waals surface area contributed by atoms with Crippen LogP contribution in [0.1, 0.15) is 265 Å². The highest BCUT2D eigenvalue weighted by atomic mass is 16.6.